The minimum Gasteiger partial charge on any atom is -0.741 e. The van der Waals surface area contributed by atoms with Crippen molar-refractivity contribution in [3.63, 3.8) is 0 Å². The molecule has 26 heavy (non-hydrogen) atoms. The normalized spacial score (nSPS) is 17.8. The van der Waals surface area contributed by atoms with E-state index in [9.17, 15) is 0 Å². The van der Waals surface area contributed by atoms with Gasteiger partial charge in [0.2, 0.25) is 0 Å². The Bertz CT molecular complexity index is 713. The van der Waals surface area contributed by atoms with Crippen LogP contribution in [0.5, 0.6) is 0 Å². The third kappa shape index (κ3) is 5.20. The van der Waals surface area contributed by atoms with E-state index in [-0.39, 0.29) is 22.5 Å². The van der Waals surface area contributed by atoms with Crippen LogP contribution in [0.4, 0.5) is 0 Å². The molecule has 1 aliphatic rings. The maximum atomic E-state index is 5.09. The van der Waals surface area contributed by atoms with E-state index in [1.165, 1.54) is 0 Å². The molecule has 1 aliphatic carbocycles. The van der Waals surface area contributed by atoms with Crippen LogP contribution in [0.1, 0.15) is 31.7 Å². The Hall–Kier alpha value is -1.61. The van der Waals surface area contributed by atoms with Crippen molar-refractivity contribution in [3.05, 3.63) is 30.1 Å². The molecule has 1 aromatic rings. The fourth-order valence-electron chi connectivity index (χ4n) is 2.76. The van der Waals surface area contributed by atoms with Gasteiger partial charge < -0.3 is 25.3 Å². The average Bonchev–Trinajstić information content (AvgIpc) is 2.61. The van der Waals surface area contributed by atoms with Gasteiger partial charge in [0.15, 0.2) is 0 Å². The molecule has 10 heteroatoms. The number of hydrogen-bond donors (Lipinski definition) is 2. The summed E-state index contributed by atoms with van der Waals surface area (Å²) in [4.78, 5) is 12.1. The maximum absolute atomic E-state index is 5.09. The van der Waals surface area contributed by atoms with Crippen LogP contribution in [0.25, 0.3) is 0 Å². The summed E-state index contributed by atoms with van der Waals surface area (Å²) >= 11 is 10.1. The van der Waals surface area contributed by atoms with E-state index in [2.05, 4.69) is 42.1 Å². The molecule has 2 N–H and O–H groups in total. The van der Waals surface area contributed by atoms with Gasteiger partial charge in [0, 0.05) is 31.9 Å². The quantitative estimate of drug-likeness (QED) is 0.239. The van der Waals surface area contributed by atoms with Gasteiger partial charge in [0.05, 0.1) is 11.4 Å². The van der Waals surface area contributed by atoms with E-state index in [1.807, 2.05) is 19.2 Å². The largest absolute Gasteiger partial charge is 2.00 e. The third-order valence-corrected chi connectivity index (χ3v) is 4.75. The number of nitrogens with zero attached hydrogens (tertiary/aromatic N) is 5. The van der Waals surface area contributed by atoms with Crippen LogP contribution in [0, 0.1) is 0 Å². The Morgan fingerprint density at radius 1 is 1.12 bits per heavy atom. The van der Waals surface area contributed by atoms with Crippen molar-refractivity contribution in [3.8, 4) is 0 Å². The minimum atomic E-state index is -0.245. The van der Waals surface area contributed by atoms with Crippen molar-refractivity contribution < 1.29 is 17.1 Å². The molecule has 0 unspecified atom stereocenters. The van der Waals surface area contributed by atoms with Gasteiger partial charge >= 0.3 is 17.1 Å². The zero-order valence-electron chi connectivity index (χ0n) is 14.8. The number of pyridine rings is 1. The SMILES string of the molecule is CN=C([S-])N/N=C(C)/C(=N/NC([S-])=NC)C1(c2cccnc2)CCC1.[Cu+2]. The number of hydrogen-bond acceptors (Lipinski definition) is 7. The molecule has 1 radical (unpaired) electrons. The number of rotatable bonds is 5. The summed E-state index contributed by atoms with van der Waals surface area (Å²) in [6.07, 6.45) is 6.68. The number of nitrogens with one attached hydrogen (secondary N) is 2. The molecule has 143 valence electrons. The first-order chi connectivity index (χ1) is 12.0. The van der Waals surface area contributed by atoms with E-state index in [0.29, 0.717) is 16.0 Å². The van der Waals surface area contributed by atoms with Crippen molar-refractivity contribution >= 4 is 47.0 Å². The molecule has 0 amide bonds. The van der Waals surface area contributed by atoms with Gasteiger partial charge in [-0.05, 0) is 41.7 Å². The van der Waals surface area contributed by atoms with E-state index < -0.39 is 0 Å². The molecule has 7 nitrogen and oxygen atoms in total. The second-order valence-electron chi connectivity index (χ2n) is 5.62. The van der Waals surface area contributed by atoms with Crippen molar-refractivity contribution in [1.29, 1.82) is 0 Å². The fourth-order valence-corrected chi connectivity index (χ4v) is 2.85. The van der Waals surface area contributed by atoms with E-state index >= 15 is 0 Å². The summed E-state index contributed by atoms with van der Waals surface area (Å²) in [6.45, 7) is 1.88. The molecule has 0 spiro atoms. The van der Waals surface area contributed by atoms with Crippen LogP contribution in [-0.4, -0.2) is 40.8 Å². The van der Waals surface area contributed by atoms with Crippen molar-refractivity contribution in [1.82, 2.24) is 15.8 Å². The third-order valence-electron chi connectivity index (χ3n) is 4.21. The molecule has 1 aromatic heterocycles. The number of aliphatic imine (C=N–C) groups is 2. The summed E-state index contributed by atoms with van der Waals surface area (Å²) in [7, 11) is 3.23. The van der Waals surface area contributed by atoms with Crippen LogP contribution < -0.4 is 10.9 Å². The molecule has 1 heterocycles. The number of amidine groups is 2. The van der Waals surface area contributed by atoms with Crippen molar-refractivity contribution in [2.45, 2.75) is 31.6 Å². The molecule has 1 saturated carbocycles. The van der Waals surface area contributed by atoms with Gasteiger partial charge in [-0.25, -0.2) is 0 Å². The average molecular weight is 439 g/mol. The molecular formula is C16H21CuN7S2. The van der Waals surface area contributed by atoms with Gasteiger partial charge in [-0.15, -0.1) is 0 Å². The Labute approximate surface area is 175 Å². The smallest absolute Gasteiger partial charge is 0.741 e. The predicted octanol–water partition coefficient (Wildman–Crippen LogP) is 1.48. The van der Waals surface area contributed by atoms with Crippen molar-refractivity contribution in [2.75, 3.05) is 14.1 Å². The van der Waals surface area contributed by atoms with Gasteiger partial charge in [-0.1, -0.05) is 12.5 Å². The zero-order valence-corrected chi connectivity index (χ0v) is 17.4. The molecule has 0 bridgehead atoms. The molecule has 0 atom stereocenters. The van der Waals surface area contributed by atoms with Crippen molar-refractivity contribution in [2.24, 2.45) is 20.2 Å². The minimum absolute atomic E-state index is 0. The van der Waals surface area contributed by atoms with Gasteiger partial charge in [0.1, 0.15) is 0 Å². The molecule has 0 saturated heterocycles. The van der Waals surface area contributed by atoms with E-state index in [1.54, 1.807) is 20.3 Å². The standard InChI is InChI=1S/C16H23N7S2.Cu/c1-11(20-22-14(24)17-2)13(21-23-15(25)18-3)16(7-5-8-16)12-6-4-9-19-10-12;/h4,6,9-10H,5,7-8H2,1-3H3,(H2,17,22,24)(H2,18,23,25);/q;+2/p-2/b20-11+,21-13-;. The van der Waals surface area contributed by atoms with Gasteiger partial charge in [0.25, 0.3) is 0 Å². The van der Waals surface area contributed by atoms with E-state index in [0.717, 1.165) is 30.5 Å². The topological polar surface area (TPSA) is 86.4 Å². The summed E-state index contributed by atoms with van der Waals surface area (Å²) in [5.41, 5.74) is 7.95. The van der Waals surface area contributed by atoms with Crippen LogP contribution >= 0.6 is 0 Å². The maximum Gasteiger partial charge on any atom is 2.00 e. The molecule has 1 fully saturated rings. The van der Waals surface area contributed by atoms with Crippen LogP contribution in [0.2, 0.25) is 0 Å². The predicted molar refractivity (Wildman–Crippen MR) is 108 cm³/mol. The zero-order chi connectivity index (χ0) is 18.3. The second kappa shape index (κ2) is 10.5. The molecular weight excluding hydrogens is 418 g/mol. The Kier molecular flexibility index (Phi) is 9.07. The summed E-state index contributed by atoms with van der Waals surface area (Å²) < 4.78 is 0. The number of aromatic nitrogens is 1. The summed E-state index contributed by atoms with van der Waals surface area (Å²) in [5.74, 6) is 0. The Balaban J connectivity index is 0.00000338. The van der Waals surface area contributed by atoms with Crippen LogP contribution in [-0.2, 0) is 47.7 Å². The summed E-state index contributed by atoms with van der Waals surface area (Å²) in [6, 6.07) is 4.00. The van der Waals surface area contributed by atoms with Gasteiger partial charge in [-0.2, -0.15) is 10.2 Å². The Morgan fingerprint density at radius 3 is 2.19 bits per heavy atom. The first kappa shape index (κ1) is 22.4. The Morgan fingerprint density at radius 2 is 1.73 bits per heavy atom. The fraction of sp³-hybridized carbons (Fsp3) is 0.438. The molecule has 2 rings (SSSR count). The number of hydrazone groups is 2. The van der Waals surface area contributed by atoms with Crippen LogP contribution in [0.3, 0.4) is 0 Å². The first-order valence-corrected chi connectivity index (χ1v) is 8.68. The first-order valence-electron chi connectivity index (χ1n) is 7.86. The molecule has 0 aliphatic heterocycles. The molecule has 0 aromatic carbocycles. The second-order valence-corrected chi connectivity index (χ2v) is 6.39. The van der Waals surface area contributed by atoms with Crippen LogP contribution in [0.15, 0.2) is 44.7 Å². The van der Waals surface area contributed by atoms with E-state index in [4.69, 9.17) is 25.3 Å². The summed E-state index contributed by atoms with van der Waals surface area (Å²) in [5, 5.41) is 9.50. The monoisotopic (exact) mass is 438 g/mol. The van der Waals surface area contributed by atoms with Gasteiger partial charge in [-0.3, -0.25) is 25.8 Å².